The Kier molecular flexibility index (Phi) is 7.85. The molecule has 1 aliphatic carbocycles. The summed E-state index contributed by atoms with van der Waals surface area (Å²) in [6.45, 7) is 15.1. The van der Waals surface area contributed by atoms with E-state index in [4.69, 9.17) is 11.6 Å². The molecule has 2 heterocycles. The zero-order valence-corrected chi connectivity index (χ0v) is 25.9. The highest BCUT2D eigenvalue weighted by Crippen LogP contribution is 2.52. The molecule has 0 saturated carbocycles. The predicted molar refractivity (Wildman–Crippen MR) is 171 cm³/mol. The van der Waals surface area contributed by atoms with Gasteiger partial charge in [-0.25, -0.2) is 0 Å². The van der Waals surface area contributed by atoms with Crippen LogP contribution in [0, 0.1) is 0 Å². The average Bonchev–Trinajstić information content (AvgIpc) is 3.25. The molecule has 2 aromatic carbocycles. The molecule has 3 nitrogen and oxygen atoms in total. The van der Waals surface area contributed by atoms with E-state index in [0.717, 1.165) is 61.5 Å². The highest BCUT2D eigenvalue weighted by molar-refractivity contribution is 6.32. The smallest absolute Gasteiger partial charge is 0.167 e. The first-order valence-electron chi connectivity index (χ1n) is 15.0. The number of para-hydroxylation sites is 2. The van der Waals surface area contributed by atoms with Crippen LogP contribution in [0.15, 0.2) is 94.7 Å². The zero-order chi connectivity index (χ0) is 28.7. The molecule has 1 atom stereocenters. The molecule has 212 valence electrons. The van der Waals surface area contributed by atoms with Gasteiger partial charge in [-0.2, -0.15) is 0 Å². The van der Waals surface area contributed by atoms with Gasteiger partial charge in [0.15, 0.2) is 5.72 Å². The average molecular weight is 557 g/mol. The summed E-state index contributed by atoms with van der Waals surface area (Å²) in [5, 5.41) is 13.1. The lowest BCUT2D eigenvalue weighted by molar-refractivity contribution is 0.0295. The van der Waals surface area contributed by atoms with Crippen molar-refractivity contribution in [3.8, 4) is 0 Å². The van der Waals surface area contributed by atoms with Gasteiger partial charge < -0.3 is 14.9 Å². The number of anilines is 2. The van der Waals surface area contributed by atoms with Gasteiger partial charge in [-0.1, -0.05) is 102 Å². The van der Waals surface area contributed by atoms with E-state index >= 15 is 0 Å². The maximum Gasteiger partial charge on any atom is 0.167 e. The number of rotatable bonds is 7. The number of hydrogen-bond donors (Lipinski definition) is 1. The molecule has 1 N–H and O–H groups in total. The zero-order valence-electron chi connectivity index (χ0n) is 25.1. The second-order valence-electron chi connectivity index (χ2n) is 12.6. The molecule has 2 aliphatic heterocycles. The van der Waals surface area contributed by atoms with Crippen LogP contribution in [-0.4, -0.2) is 23.9 Å². The van der Waals surface area contributed by atoms with Gasteiger partial charge in [0.1, 0.15) is 0 Å². The Labute approximate surface area is 246 Å². The number of benzene rings is 2. The monoisotopic (exact) mass is 556 g/mol. The standard InChI is InChI=1S/C36H45ClN2O/c1-7-24-38-30-18-11-9-16-28(30)34(3,4)32(38)21-20-26-14-13-15-27(33(26)37)22-23-36(40)35(5,6)29-17-10-12-19-31(29)39(36)25-8-2/h9-12,16-23,40H,7-8,13-15,24-25H2,1-6H3/b23-22+,26-20+,32-21+. The van der Waals surface area contributed by atoms with E-state index in [2.05, 4.69) is 118 Å². The Morgan fingerprint density at radius 1 is 0.850 bits per heavy atom. The predicted octanol–water partition coefficient (Wildman–Crippen LogP) is 9.13. The molecule has 0 aromatic heterocycles. The normalized spacial score (nSPS) is 25.4. The first-order chi connectivity index (χ1) is 19.1. The quantitative estimate of drug-likeness (QED) is 0.368. The van der Waals surface area contributed by atoms with Crippen LogP contribution in [0.25, 0.3) is 0 Å². The number of hydrogen-bond acceptors (Lipinski definition) is 3. The summed E-state index contributed by atoms with van der Waals surface area (Å²) < 4.78 is 0. The molecule has 3 aliphatic rings. The second-order valence-corrected chi connectivity index (χ2v) is 13.0. The molecule has 0 bridgehead atoms. The van der Waals surface area contributed by atoms with Crippen molar-refractivity contribution >= 4 is 23.0 Å². The van der Waals surface area contributed by atoms with E-state index < -0.39 is 11.1 Å². The Bertz CT molecular complexity index is 1400. The van der Waals surface area contributed by atoms with E-state index in [0.29, 0.717) is 0 Å². The van der Waals surface area contributed by atoms with E-state index in [9.17, 15) is 5.11 Å². The molecule has 0 radical (unpaired) electrons. The summed E-state index contributed by atoms with van der Waals surface area (Å²) in [7, 11) is 0. The maximum absolute atomic E-state index is 12.2. The number of allylic oxidation sites excluding steroid dienone is 7. The van der Waals surface area contributed by atoms with E-state index in [-0.39, 0.29) is 5.41 Å². The van der Waals surface area contributed by atoms with Gasteiger partial charge in [-0.15, -0.1) is 0 Å². The minimum atomic E-state index is -1.12. The SMILES string of the molecule is CCCN1/C(=C/C=C2\CCCC(/C=C/C3(O)N(CCC)c4ccccc4C3(C)C)=C2Cl)C(C)(C)c2ccccc21. The van der Waals surface area contributed by atoms with E-state index in [1.807, 2.05) is 6.08 Å². The van der Waals surface area contributed by atoms with Crippen molar-refractivity contribution in [1.82, 2.24) is 0 Å². The fraction of sp³-hybridized carbons (Fsp3) is 0.444. The molecular weight excluding hydrogens is 512 g/mol. The van der Waals surface area contributed by atoms with Crippen LogP contribution in [0.3, 0.4) is 0 Å². The first kappa shape index (κ1) is 28.8. The molecule has 0 spiro atoms. The van der Waals surface area contributed by atoms with Gasteiger partial charge >= 0.3 is 0 Å². The van der Waals surface area contributed by atoms with Gasteiger partial charge in [0.05, 0.1) is 0 Å². The number of aliphatic hydroxyl groups is 1. The van der Waals surface area contributed by atoms with Crippen LogP contribution in [0.1, 0.15) is 84.8 Å². The van der Waals surface area contributed by atoms with Crippen molar-refractivity contribution in [2.24, 2.45) is 0 Å². The Balaban J connectivity index is 1.49. The topological polar surface area (TPSA) is 26.7 Å². The van der Waals surface area contributed by atoms with Crippen molar-refractivity contribution < 1.29 is 5.11 Å². The summed E-state index contributed by atoms with van der Waals surface area (Å²) in [6, 6.07) is 17.2. The van der Waals surface area contributed by atoms with E-state index in [1.165, 1.54) is 28.1 Å². The number of fused-ring (bicyclic) bond motifs is 2. The third-order valence-electron chi connectivity index (χ3n) is 9.31. The van der Waals surface area contributed by atoms with Crippen LogP contribution in [0.5, 0.6) is 0 Å². The Morgan fingerprint density at radius 3 is 2.20 bits per heavy atom. The highest BCUT2D eigenvalue weighted by Gasteiger charge is 2.54. The van der Waals surface area contributed by atoms with Crippen molar-refractivity contribution in [1.29, 1.82) is 0 Å². The molecule has 1 unspecified atom stereocenters. The van der Waals surface area contributed by atoms with E-state index in [1.54, 1.807) is 0 Å². The van der Waals surface area contributed by atoms with Crippen LogP contribution < -0.4 is 9.80 Å². The molecule has 5 rings (SSSR count). The van der Waals surface area contributed by atoms with Crippen LogP contribution in [-0.2, 0) is 10.8 Å². The van der Waals surface area contributed by atoms with Crippen molar-refractivity contribution in [3.63, 3.8) is 0 Å². The highest BCUT2D eigenvalue weighted by atomic mass is 35.5. The Morgan fingerprint density at radius 2 is 1.50 bits per heavy atom. The van der Waals surface area contributed by atoms with Gasteiger partial charge in [0.2, 0.25) is 0 Å². The first-order valence-corrected chi connectivity index (χ1v) is 15.4. The lowest BCUT2D eigenvalue weighted by Gasteiger charge is -2.41. The summed E-state index contributed by atoms with van der Waals surface area (Å²) >= 11 is 7.10. The summed E-state index contributed by atoms with van der Waals surface area (Å²) in [5.74, 6) is 0. The van der Waals surface area contributed by atoms with Gasteiger partial charge in [0, 0.05) is 46.0 Å². The van der Waals surface area contributed by atoms with Gasteiger partial charge in [-0.3, -0.25) is 0 Å². The van der Waals surface area contributed by atoms with Crippen molar-refractivity contribution in [3.05, 3.63) is 106 Å². The summed E-state index contributed by atoms with van der Waals surface area (Å²) in [4.78, 5) is 4.64. The van der Waals surface area contributed by atoms with Crippen LogP contribution in [0.2, 0.25) is 0 Å². The molecule has 0 saturated heterocycles. The minimum absolute atomic E-state index is 0.0640. The molecule has 40 heavy (non-hydrogen) atoms. The molecule has 4 heteroatoms. The minimum Gasteiger partial charge on any atom is -0.366 e. The Hall–Kier alpha value is -2.75. The molecular formula is C36H45ClN2O. The van der Waals surface area contributed by atoms with Gasteiger partial charge in [-0.05, 0) is 78.7 Å². The van der Waals surface area contributed by atoms with Crippen LogP contribution >= 0.6 is 11.6 Å². The maximum atomic E-state index is 12.2. The lowest BCUT2D eigenvalue weighted by Crippen LogP contribution is -2.54. The lowest BCUT2D eigenvalue weighted by atomic mass is 9.77. The summed E-state index contributed by atoms with van der Waals surface area (Å²) in [6.07, 6.45) is 13.6. The molecule has 0 amide bonds. The largest absolute Gasteiger partial charge is 0.366 e. The van der Waals surface area contributed by atoms with Crippen molar-refractivity contribution in [2.75, 3.05) is 22.9 Å². The second kappa shape index (κ2) is 10.9. The number of halogens is 1. The summed E-state index contributed by atoms with van der Waals surface area (Å²) in [5.41, 5.74) is 6.97. The third kappa shape index (κ3) is 4.56. The van der Waals surface area contributed by atoms with Crippen molar-refractivity contribution in [2.45, 2.75) is 90.2 Å². The fourth-order valence-corrected chi connectivity index (χ4v) is 7.29. The fourth-order valence-electron chi connectivity index (χ4n) is 6.98. The van der Waals surface area contributed by atoms with Gasteiger partial charge in [0.25, 0.3) is 0 Å². The molecule has 0 fully saturated rings. The third-order valence-corrected chi connectivity index (χ3v) is 9.79. The van der Waals surface area contributed by atoms with Crippen LogP contribution in [0.4, 0.5) is 11.4 Å². The molecule has 2 aromatic rings. The number of nitrogens with zero attached hydrogens (tertiary/aromatic N) is 2.